The molecule has 16 heavy (non-hydrogen) atoms. The van der Waals surface area contributed by atoms with E-state index in [0.717, 1.165) is 19.4 Å². The molecular formula is C11H16N4O. The molecule has 2 aromatic rings. The van der Waals surface area contributed by atoms with Gasteiger partial charge in [-0.1, -0.05) is 13.8 Å². The zero-order chi connectivity index (χ0) is 11.5. The summed E-state index contributed by atoms with van der Waals surface area (Å²) in [5, 5.41) is 0. The van der Waals surface area contributed by atoms with E-state index < -0.39 is 0 Å². The Morgan fingerprint density at radius 1 is 1.06 bits per heavy atom. The third kappa shape index (κ3) is 1.73. The van der Waals surface area contributed by atoms with E-state index in [0.29, 0.717) is 17.7 Å². The lowest BCUT2D eigenvalue weighted by Gasteiger charge is -2.03. The number of aryl methyl sites for hydroxylation is 2. The van der Waals surface area contributed by atoms with Crippen molar-refractivity contribution in [2.75, 3.05) is 0 Å². The van der Waals surface area contributed by atoms with E-state index in [9.17, 15) is 4.79 Å². The fourth-order valence-corrected chi connectivity index (χ4v) is 1.78. The maximum absolute atomic E-state index is 12.0. The molecule has 0 bridgehead atoms. The Hall–Kier alpha value is -1.65. The van der Waals surface area contributed by atoms with Crippen LogP contribution in [0.5, 0.6) is 0 Å². The Kier molecular flexibility index (Phi) is 3.03. The Morgan fingerprint density at radius 3 is 2.38 bits per heavy atom. The zero-order valence-corrected chi connectivity index (χ0v) is 9.68. The molecule has 0 N–H and O–H groups in total. The fraction of sp³-hybridized carbons (Fsp3) is 0.545. The Labute approximate surface area is 93.8 Å². The van der Waals surface area contributed by atoms with Gasteiger partial charge in [0.05, 0.1) is 6.33 Å². The average molecular weight is 220 g/mol. The number of aromatic nitrogens is 4. The van der Waals surface area contributed by atoms with E-state index in [-0.39, 0.29) is 5.56 Å². The van der Waals surface area contributed by atoms with Crippen LogP contribution in [0.1, 0.15) is 26.7 Å². The number of hydrogen-bond donors (Lipinski definition) is 0. The van der Waals surface area contributed by atoms with Gasteiger partial charge in [0.25, 0.3) is 5.56 Å². The van der Waals surface area contributed by atoms with Gasteiger partial charge < -0.3 is 4.57 Å². The van der Waals surface area contributed by atoms with Gasteiger partial charge in [-0.05, 0) is 12.8 Å². The third-order valence-corrected chi connectivity index (χ3v) is 2.52. The second kappa shape index (κ2) is 4.47. The van der Waals surface area contributed by atoms with E-state index in [1.54, 1.807) is 17.2 Å². The normalized spacial score (nSPS) is 11.1. The van der Waals surface area contributed by atoms with Crippen molar-refractivity contribution in [3.8, 4) is 0 Å². The number of fused-ring (bicyclic) bond motifs is 1. The van der Waals surface area contributed by atoms with Crippen molar-refractivity contribution < 1.29 is 0 Å². The molecule has 5 heteroatoms. The summed E-state index contributed by atoms with van der Waals surface area (Å²) in [5.41, 5.74) is 1.13. The van der Waals surface area contributed by atoms with Crippen molar-refractivity contribution in [3.63, 3.8) is 0 Å². The molecule has 0 amide bonds. The van der Waals surface area contributed by atoms with Gasteiger partial charge in [-0.15, -0.1) is 0 Å². The molecule has 0 aliphatic carbocycles. The van der Waals surface area contributed by atoms with Gasteiger partial charge in [0.1, 0.15) is 6.33 Å². The molecule has 0 saturated carbocycles. The molecule has 0 spiro atoms. The van der Waals surface area contributed by atoms with E-state index in [4.69, 9.17) is 0 Å². The highest BCUT2D eigenvalue weighted by Crippen LogP contribution is 2.05. The summed E-state index contributed by atoms with van der Waals surface area (Å²) in [5.74, 6) is 0. The first kappa shape index (κ1) is 10.9. The van der Waals surface area contributed by atoms with Gasteiger partial charge in [-0.3, -0.25) is 9.36 Å². The minimum Gasteiger partial charge on any atom is -0.315 e. The van der Waals surface area contributed by atoms with Gasteiger partial charge >= 0.3 is 0 Å². The minimum atomic E-state index is -0.0401. The highest BCUT2D eigenvalue weighted by atomic mass is 16.1. The summed E-state index contributed by atoms with van der Waals surface area (Å²) in [7, 11) is 0. The lowest BCUT2D eigenvalue weighted by Crippen LogP contribution is -2.20. The van der Waals surface area contributed by atoms with Crippen molar-refractivity contribution in [2.24, 2.45) is 0 Å². The first-order valence-corrected chi connectivity index (χ1v) is 5.68. The molecule has 2 aromatic heterocycles. The van der Waals surface area contributed by atoms with Crippen LogP contribution in [0.2, 0.25) is 0 Å². The molecule has 0 fully saturated rings. The van der Waals surface area contributed by atoms with Gasteiger partial charge in [0.15, 0.2) is 11.2 Å². The number of rotatable bonds is 4. The molecule has 86 valence electrons. The van der Waals surface area contributed by atoms with Crippen molar-refractivity contribution in [1.82, 2.24) is 19.1 Å². The molecule has 0 unspecified atom stereocenters. The van der Waals surface area contributed by atoms with Crippen molar-refractivity contribution in [3.05, 3.63) is 23.0 Å². The van der Waals surface area contributed by atoms with Crippen LogP contribution in [0.15, 0.2) is 17.4 Å². The van der Waals surface area contributed by atoms with Gasteiger partial charge in [-0.2, -0.15) is 0 Å². The van der Waals surface area contributed by atoms with Crippen LogP contribution in [0, 0.1) is 0 Å². The molecule has 2 heterocycles. The lowest BCUT2D eigenvalue weighted by molar-refractivity contribution is 0.642. The van der Waals surface area contributed by atoms with E-state index in [1.165, 1.54) is 0 Å². The highest BCUT2D eigenvalue weighted by Gasteiger charge is 2.08. The van der Waals surface area contributed by atoms with Crippen molar-refractivity contribution >= 4 is 11.2 Å². The fourth-order valence-electron chi connectivity index (χ4n) is 1.78. The molecule has 0 aromatic carbocycles. The van der Waals surface area contributed by atoms with E-state index >= 15 is 0 Å². The van der Waals surface area contributed by atoms with Crippen LogP contribution in [-0.4, -0.2) is 19.1 Å². The first-order valence-electron chi connectivity index (χ1n) is 5.68. The Balaban J connectivity index is 2.55. The molecule has 0 radical (unpaired) electrons. The van der Waals surface area contributed by atoms with E-state index in [1.807, 2.05) is 11.5 Å². The predicted octanol–water partition coefficient (Wildman–Crippen LogP) is 1.41. The topological polar surface area (TPSA) is 52.7 Å². The zero-order valence-electron chi connectivity index (χ0n) is 9.68. The Morgan fingerprint density at radius 2 is 1.69 bits per heavy atom. The van der Waals surface area contributed by atoms with Crippen LogP contribution in [0.4, 0.5) is 0 Å². The van der Waals surface area contributed by atoms with Crippen LogP contribution < -0.4 is 5.56 Å². The smallest absolute Gasteiger partial charge is 0.281 e. The van der Waals surface area contributed by atoms with Gasteiger partial charge in [0.2, 0.25) is 0 Å². The maximum atomic E-state index is 12.0. The average Bonchev–Trinajstić information content (AvgIpc) is 2.67. The Bertz CT molecular complexity index is 540. The number of imidazole rings is 1. The summed E-state index contributed by atoms with van der Waals surface area (Å²) >= 11 is 0. The van der Waals surface area contributed by atoms with Crippen molar-refractivity contribution in [2.45, 2.75) is 39.8 Å². The highest BCUT2D eigenvalue weighted by molar-refractivity contribution is 5.68. The second-order valence-corrected chi connectivity index (χ2v) is 3.85. The third-order valence-electron chi connectivity index (χ3n) is 2.52. The summed E-state index contributed by atoms with van der Waals surface area (Å²) in [6.07, 6.45) is 5.23. The molecular weight excluding hydrogens is 204 g/mol. The molecule has 0 saturated heterocycles. The van der Waals surface area contributed by atoms with E-state index in [2.05, 4.69) is 16.9 Å². The molecule has 5 nitrogen and oxygen atoms in total. The van der Waals surface area contributed by atoms with Gasteiger partial charge in [0, 0.05) is 13.1 Å². The van der Waals surface area contributed by atoms with Crippen LogP contribution >= 0.6 is 0 Å². The predicted molar refractivity (Wildman–Crippen MR) is 62.4 cm³/mol. The minimum absolute atomic E-state index is 0.0401. The largest absolute Gasteiger partial charge is 0.315 e. The second-order valence-electron chi connectivity index (χ2n) is 3.85. The number of hydrogen-bond acceptors (Lipinski definition) is 3. The molecule has 0 aliphatic rings. The summed E-state index contributed by atoms with van der Waals surface area (Å²) in [6.45, 7) is 5.67. The molecule has 0 atom stereocenters. The lowest BCUT2D eigenvalue weighted by atomic mass is 10.4. The molecule has 2 rings (SSSR count). The SMILES string of the molecule is CCCn1cnc2c(ncn2CCC)c1=O. The van der Waals surface area contributed by atoms with Gasteiger partial charge in [-0.25, -0.2) is 9.97 Å². The van der Waals surface area contributed by atoms with Crippen LogP contribution in [0.3, 0.4) is 0 Å². The molecule has 0 aliphatic heterocycles. The monoisotopic (exact) mass is 220 g/mol. The van der Waals surface area contributed by atoms with Crippen LogP contribution in [0.25, 0.3) is 11.2 Å². The summed E-state index contributed by atoms with van der Waals surface area (Å²) in [6, 6.07) is 0. The van der Waals surface area contributed by atoms with Crippen LogP contribution in [-0.2, 0) is 13.1 Å². The summed E-state index contributed by atoms with van der Waals surface area (Å²) < 4.78 is 3.54. The number of nitrogens with zero attached hydrogens (tertiary/aromatic N) is 4. The summed E-state index contributed by atoms with van der Waals surface area (Å²) in [4.78, 5) is 20.4. The standard InChI is InChI=1S/C11H16N4O/c1-3-5-14-7-12-9-10(14)13-8-15(6-4-2)11(9)16/h7-8H,3-6H2,1-2H3. The quantitative estimate of drug-likeness (QED) is 0.782. The maximum Gasteiger partial charge on any atom is 0.281 e. The van der Waals surface area contributed by atoms with Crippen molar-refractivity contribution in [1.29, 1.82) is 0 Å². The first-order chi connectivity index (χ1) is 7.77.